The Morgan fingerprint density at radius 3 is 1.77 bits per heavy atom. The number of carbonyl (C=O) groups excluding carboxylic acids is 3. The van der Waals surface area contributed by atoms with Gasteiger partial charge in [0.25, 0.3) is 5.91 Å². The second-order valence-corrected chi connectivity index (χ2v) is 14.9. The zero-order valence-corrected chi connectivity index (χ0v) is 31.8. The van der Waals surface area contributed by atoms with Gasteiger partial charge in [-0.25, -0.2) is 19.6 Å². The number of rotatable bonds is 9. The standard InChI is InChI=1S/C43H46N8O6/c1-57-42(54)48-37(31-9-3-2-4-10-31)41(53)50-24-8-13-35(50)39-45-26-33(47-39)30-20-16-28(17-21-30)27-14-18-29(19-15-27)32-25-44-38(46-32)34-12-7-23-49(34)40(52)36-11-5-6-22-51(36)43(55)56/h2-4,9-10,14-21,25-26,34-37H,5-8,11-13,22-24H2,1H3,(H,44,46)(H,45,47)(H,48,54)(H,55,56)/t34-,35-,36+,37+/m0/s1. The number of piperidine rings is 1. The monoisotopic (exact) mass is 770 g/mol. The van der Waals surface area contributed by atoms with Gasteiger partial charge in [-0.15, -0.1) is 0 Å². The lowest BCUT2D eigenvalue weighted by atomic mass is 10.0. The summed E-state index contributed by atoms with van der Waals surface area (Å²) >= 11 is 0. The van der Waals surface area contributed by atoms with Gasteiger partial charge in [0.15, 0.2) is 0 Å². The molecule has 5 aromatic rings. The summed E-state index contributed by atoms with van der Waals surface area (Å²) in [5.41, 5.74) is 6.39. The molecule has 3 aliphatic heterocycles. The summed E-state index contributed by atoms with van der Waals surface area (Å²) in [6.45, 7) is 1.53. The third kappa shape index (κ3) is 7.71. The van der Waals surface area contributed by atoms with Gasteiger partial charge in [-0.05, 0) is 72.8 Å². The average molecular weight is 771 g/mol. The van der Waals surface area contributed by atoms with Crippen molar-refractivity contribution in [2.75, 3.05) is 26.7 Å². The van der Waals surface area contributed by atoms with Gasteiger partial charge >= 0.3 is 12.2 Å². The van der Waals surface area contributed by atoms with E-state index in [2.05, 4.69) is 44.5 Å². The Kier molecular flexibility index (Phi) is 10.7. The summed E-state index contributed by atoms with van der Waals surface area (Å²) in [5, 5.41) is 12.4. The minimum Gasteiger partial charge on any atom is -0.465 e. The zero-order valence-electron chi connectivity index (χ0n) is 31.8. The van der Waals surface area contributed by atoms with E-state index in [-0.39, 0.29) is 23.9 Å². The van der Waals surface area contributed by atoms with Crippen molar-refractivity contribution in [3.05, 3.63) is 108 Å². The third-order valence-electron chi connectivity index (χ3n) is 11.5. The molecule has 3 saturated heterocycles. The molecule has 3 aliphatic rings. The molecule has 294 valence electrons. The minimum absolute atomic E-state index is 0.128. The van der Waals surface area contributed by atoms with Crippen molar-refractivity contribution < 1.29 is 29.0 Å². The number of nitrogens with one attached hydrogen (secondary N) is 3. The lowest BCUT2D eigenvalue weighted by molar-refractivity contribution is -0.138. The Morgan fingerprint density at radius 2 is 1.21 bits per heavy atom. The van der Waals surface area contributed by atoms with Crippen molar-refractivity contribution in [3.8, 4) is 33.6 Å². The maximum atomic E-state index is 13.9. The van der Waals surface area contributed by atoms with Crippen LogP contribution >= 0.6 is 0 Å². The van der Waals surface area contributed by atoms with E-state index < -0.39 is 24.3 Å². The highest BCUT2D eigenvalue weighted by Crippen LogP contribution is 2.36. The molecular formula is C43H46N8O6. The number of ether oxygens (including phenoxy) is 1. The Bertz CT molecular complexity index is 2220. The van der Waals surface area contributed by atoms with E-state index in [1.807, 2.05) is 59.5 Å². The number of carboxylic acid groups (broad SMARTS) is 1. The van der Waals surface area contributed by atoms with E-state index in [0.717, 1.165) is 72.2 Å². The summed E-state index contributed by atoms with van der Waals surface area (Å²) in [4.78, 5) is 72.6. The highest BCUT2D eigenvalue weighted by molar-refractivity contribution is 5.88. The number of aromatic nitrogens is 4. The van der Waals surface area contributed by atoms with Gasteiger partial charge in [0.1, 0.15) is 23.7 Å². The molecule has 8 rings (SSSR count). The first-order chi connectivity index (χ1) is 27.8. The molecule has 4 amide bonds. The smallest absolute Gasteiger partial charge is 0.407 e. The predicted molar refractivity (Wildman–Crippen MR) is 212 cm³/mol. The summed E-state index contributed by atoms with van der Waals surface area (Å²) in [5.74, 6) is 1.07. The topological polar surface area (TPSA) is 177 Å². The van der Waals surface area contributed by atoms with Crippen LogP contribution in [0.1, 0.15) is 80.3 Å². The number of H-pyrrole nitrogens is 2. The molecule has 0 unspecified atom stereocenters. The number of imidazole rings is 2. The van der Waals surface area contributed by atoms with E-state index in [1.54, 1.807) is 17.3 Å². The van der Waals surface area contributed by atoms with Gasteiger partial charge in [0.2, 0.25) is 5.91 Å². The first-order valence-electron chi connectivity index (χ1n) is 19.6. The summed E-state index contributed by atoms with van der Waals surface area (Å²) in [7, 11) is 1.28. The zero-order chi connectivity index (χ0) is 39.5. The molecule has 3 aromatic carbocycles. The van der Waals surface area contributed by atoms with Crippen LogP contribution in [0.15, 0.2) is 91.3 Å². The fourth-order valence-electron chi connectivity index (χ4n) is 8.50. The fourth-order valence-corrected chi connectivity index (χ4v) is 8.50. The number of nitrogens with zero attached hydrogens (tertiary/aromatic N) is 5. The van der Waals surface area contributed by atoms with E-state index in [0.29, 0.717) is 43.3 Å². The Balaban J connectivity index is 0.923. The molecule has 14 nitrogen and oxygen atoms in total. The van der Waals surface area contributed by atoms with Crippen LogP contribution in [0.25, 0.3) is 33.6 Å². The van der Waals surface area contributed by atoms with E-state index in [4.69, 9.17) is 9.72 Å². The molecule has 57 heavy (non-hydrogen) atoms. The van der Waals surface area contributed by atoms with E-state index in [9.17, 15) is 24.3 Å². The number of alkyl carbamates (subject to hydrolysis) is 1. The van der Waals surface area contributed by atoms with Crippen LogP contribution in [0.4, 0.5) is 9.59 Å². The van der Waals surface area contributed by atoms with Crippen LogP contribution in [0.3, 0.4) is 0 Å². The number of aromatic amines is 2. The van der Waals surface area contributed by atoms with Crippen molar-refractivity contribution in [1.29, 1.82) is 0 Å². The SMILES string of the molecule is COC(=O)N[C@@H](C(=O)N1CCC[C@H]1c1ncc(-c2ccc(-c3ccc(-c4cnc([C@@H]5CCCN5C(=O)[C@H]5CCCCN5C(=O)O)[nH]4)cc3)cc2)[nH]1)c1ccccc1. The van der Waals surface area contributed by atoms with Crippen molar-refractivity contribution >= 4 is 24.0 Å². The average Bonchev–Trinajstić information content (AvgIpc) is 4.10. The maximum absolute atomic E-state index is 13.9. The number of benzene rings is 3. The van der Waals surface area contributed by atoms with Crippen LogP contribution in [0.2, 0.25) is 0 Å². The van der Waals surface area contributed by atoms with Crippen LogP contribution in [0.5, 0.6) is 0 Å². The normalized spacial score (nSPS) is 20.0. The number of hydrogen-bond acceptors (Lipinski definition) is 7. The summed E-state index contributed by atoms with van der Waals surface area (Å²) in [6, 6.07) is 23.6. The summed E-state index contributed by atoms with van der Waals surface area (Å²) < 4.78 is 4.82. The Morgan fingerprint density at radius 1 is 0.684 bits per heavy atom. The number of carbonyl (C=O) groups is 4. The number of likely N-dealkylation sites (tertiary alicyclic amines) is 3. The van der Waals surface area contributed by atoms with Crippen molar-refractivity contribution in [3.63, 3.8) is 0 Å². The minimum atomic E-state index is -1.04. The molecule has 5 heterocycles. The van der Waals surface area contributed by atoms with Gasteiger partial charge in [-0.3, -0.25) is 14.5 Å². The molecule has 0 bridgehead atoms. The molecule has 0 radical (unpaired) electrons. The first-order valence-corrected chi connectivity index (χ1v) is 19.6. The highest BCUT2D eigenvalue weighted by Gasteiger charge is 2.40. The van der Waals surface area contributed by atoms with Crippen molar-refractivity contribution in [2.45, 2.75) is 69.1 Å². The quantitative estimate of drug-likeness (QED) is 0.123. The summed E-state index contributed by atoms with van der Waals surface area (Å²) in [6.07, 6.45) is 7.23. The van der Waals surface area contributed by atoms with Gasteiger partial charge in [0, 0.05) is 19.6 Å². The van der Waals surface area contributed by atoms with Crippen LogP contribution < -0.4 is 5.32 Å². The molecule has 14 heteroatoms. The first kappa shape index (κ1) is 37.5. The fraction of sp³-hybridized carbons (Fsp3) is 0.349. The molecule has 2 aromatic heterocycles. The molecule has 0 aliphatic carbocycles. The van der Waals surface area contributed by atoms with E-state index >= 15 is 0 Å². The molecule has 0 spiro atoms. The lowest BCUT2D eigenvalue weighted by Gasteiger charge is -2.36. The van der Waals surface area contributed by atoms with Gasteiger partial charge in [-0.1, -0.05) is 78.9 Å². The number of methoxy groups -OCH3 is 1. The third-order valence-corrected chi connectivity index (χ3v) is 11.5. The Hall–Kier alpha value is -6.44. The molecule has 3 fully saturated rings. The van der Waals surface area contributed by atoms with Crippen LogP contribution in [-0.4, -0.2) is 96.5 Å². The lowest BCUT2D eigenvalue weighted by Crippen LogP contribution is -2.52. The van der Waals surface area contributed by atoms with Crippen LogP contribution in [-0.2, 0) is 14.3 Å². The largest absolute Gasteiger partial charge is 0.465 e. The number of hydrogen-bond donors (Lipinski definition) is 4. The second kappa shape index (κ2) is 16.3. The molecular weight excluding hydrogens is 725 g/mol. The van der Waals surface area contributed by atoms with Crippen molar-refractivity contribution in [1.82, 2.24) is 40.0 Å². The highest BCUT2D eigenvalue weighted by atomic mass is 16.5. The molecule has 0 saturated carbocycles. The molecule has 4 N–H and O–H groups in total. The maximum Gasteiger partial charge on any atom is 0.407 e. The Labute approximate surface area is 330 Å². The van der Waals surface area contributed by atoms with Crippen LogP contribution in [0, 0.1) is 0 Å². The second-order valence-electron chi connectivity index (χ2n) is 14.9. The predicted octanol–water partition coefficient (Wildman–Crippen LogP) is 7.09. The van der Waals surface area contributed by atoms with Gasteiger partial charge < -0.3 is 34.9 Å². The van der Waals surface area contributed by atoms with E-state index in [1.165, 1.54) is 12.0 Å². The van der Waals surface area contributed by atoms with Gasteiger partial charge in [-0.2, -0.15) is 0 Å². The molecule has 4 atom stereocenters. The van der Waals surface area contributed by atoms with Gasteiger partial charge in [0.05, 0.1) is 43.0 Å². The number of amides is 4. The van der Waals surface area contributed by atoms with Crippen molar-refractivity contribution in [2.24, 2.45) is 0 Å².